The molecule has 1 aromatic heterocycles. The fourth-order valence-corrected chi connectivity index (χ4v) is 6.41. The van der Waals surface area contributed by atoms with Crippen LogP contribution in [0.2, 0.25) is 0 Å². The Hall–Kier alpha value is -2.78. The number of methoxy groups -OCH3 is 1. The molecule has 39 heavy (non-hydrogen) atoms. The van der Waals surface area contributed by atoms with Gasteiger partial charge in [-0.25, -0.2) is 13.2 Å². The largest absolute Gasteiger partial charge is 0.497 e. The van der Waals surface area contributed by atoms with Crippen LogP contribution in [-0.2, 0) is 4.79 Å². The molecule has 1 N–H and O–H groups in total. The number of ether oxygens (including phenoxy) is 1. The van der Waals surface area contributed by atoms with Gasteiger partial charge in [-0.15, -0.1) is 11.8 Å². The smallest absolute Gasteiger partial charge is 0.303 e. The minimum atomic E-state index is -1.16. The molecular formula is C30H35F3N2O3S. The number of rotatable bonds is 13. The quantitative estimate of drug-likeness (QED) is 0.175. The Labute approximate surface area is 231 Å². The second kappa shape index (κ2) is 14.0. The number of hydrogen-bond donors (Lipinski definition) is 1. The molecule has 0 spiro atoms. The monoisotopic (exact) mass is 560 g/mol. The predicted molar refractivity (Wildman–Crippen MR) is 148 cm³/mol. The summed E-state index contributed by atoms with van der Waals surface area (Å²) in [5.74, 6) is -0.265. The summed E-state index contributed by atoms with van der Waals surface area (Å²) in [6.07, 6.45) is 3.78. The number of piperidine rings is 1. The molecule has 5 nitrogen and oxygen atoms in total. The zero-order chi connectivity index (χ0) is 27.8. The molecule has 9 heteroatoms. The van der Waals surface area contributed by atoms with E-state index in [1.165, 1.54) is 30.0 Å². The number of nitrogens with zero attached hydrogens (tertiary/aromatic N) is 2. The first-order valence-electron chi connectivity index (χ1n) is 13.4. The topological polar surface area (TPSA) is 62.7 Å². The van der Waals surface area contributed by atoms with Crippen molar-refractivity contribution in [2.45, 2.75) is 49.6 Å². The number of hydrogen-bond acceptors (Lipinski definition) is 5. The Morgan fingerprint density at radius 1 is 1.18 bits per heavy atom. The summed E-state index contributed by atoms with van der Waals surface area (Å²) in [5, 5.41) is 10.0. The Balaban J connectivity index is 1.32. The molecule has 3 aromatic rings. The Bertz CT molecular complexity index is 1240. The van der Waals surface area contributed by atoms with Crippen molar-refractivity contribution < 1.29 is 27.8 Å². The fourth-order valence-electron chi connectivity index (χ4n) is 5.52. The number of carboxylic acids is 1. The van der Waals surface area contributed by atoms with Crippen molar-refractivity contribution in [3.8, 4) is 5.75 Å². The molecule has 3 atom stereocenters. The molecule has 0 aliphatic carbocycles. The van der Waals surface area contributed by atoms with E-state index in [0.29, 0.717) is 36.3 Å². The summed E-state index contributed by atoms with van der Waals surface area (Å²) in [4.78, 5) is 18.0. The van der Waals surface area contributed by atoms with E-state index in [1.54, 1.807) is 19.4 Å². The van der Waals surface area contributed by atoms with Gasteiger partial charge in [0, 0.05) is 24.5 Å². The minimum Gasteiger partial charge on any atom is -0.497 e. The molecule has 1 fully saturated rings. The Kier molecular flexibility index (Phi) is 10.5. The number of carboxylic acid groups (broad SMARTS) is 1. The van der Waals surface area contributed by atoms with Gasteiger partial charge in [-0.3, -0.25) is 9.78 Å². The highest BCUT2D eigenvalue weighted by Crippen LogP contribution is 2.37. The molecule has 4 rings (SSSR count). The highest BCUT2D eigenvalue weighted by molar-refractivity contribution is 7.99. The first-order chi connectivity index (χ1) is 18.9. The van der Waals surface area contributed by atoms with E-state index in [4.69, 9.17) is 4.74 Å². The Morgan fingerprint density at radius 2 is 1.97 bits per heavy atom. The molecule has 0 bridgehead atoms. The molecule has 210 valence electrons. The second-order valence-electron chi connectivity index (χ2n) is 10.1. The first kappa shape index (κ1) is 29.2. The van der Waals surface area contributed by atoms with Crippen molar-refractivity contribution in [3.63, 3.8) is 0 Å². The lowest BCUT2D eigenvalue weighted by Crippen LogP contribution is -2.41. The molecule has 0 unspecified atom stereocenters. The molecule has 0 saturated carbocycles. The van der Waals surface area contributed by atoms with Crippen molar-refractivity contribution in [1.82, 2.24) is 9.88 Å². The van der Waals surface area contributed by atoms with Crippen LogP contribution in [0.4, 0.5) is 13.2 Å². The van der Waals surface area contributed by atoms with Crippen LogP contribution >= 0.6 is 11.8 Å². The number of carbonyl (C=O) groups is 1. The second-order valence-corrected chi connectivity index (χ2v) is 11.2. The maximum atomic E-state index is 15.5. The van der Waals surface area contributed by atoms with Gasteiger partial charge in [-0.2, -0.15) is 0 Å². The SMILES string of the molecule is COc1ccc2nccc([C@H](F)CC[C@@H]3CCN(CCCSc4c(F)cccc4F)C[C@H]3CCC(=O)O)c2c1. The number of thioether (sulfide) groups is 1. The van der Waals surface area contributed by atoms with Crippen LogP contribution in [0.1, 0.15) is 50.3 Å². The summed E-state index contributed by atoms with van der Waals surface area (Å²) >= 11 is 1.18. The predicted octanol–water partition coefficient (Wildman–Crippen LogP) is 7.30. The molecule has 1 saturated heterocycles. The van der Waals surface area contributed by atoms with E-state index in [1.807, 2.05) is 18.2 Å². The zero-order valence-electron chi connectivity index (χ0n) is 22.1. The van der Waals surface area contributed by atoms with Crippen LogP contribution in [-0.4, -0.2) is 53.5 Å². The van der Waals surface area contributed by atoms with Gasteiger partial charge >= 0.3 is 5.97 Å². The van der Waals surface area contributed by atoms with Crippen molar-refractivity contribution >= 4 is 28.6 Å². The molecule has 1 aliphatic heterocycles. The number of benzene rings is 2. The lowest BCUT2D eigenvalue weighted by atomic mass is 9.79. The van der Waals surface area contributed by atoms with Gasteiger partial charge in [0.2, 0.25) is 0 Å². The van der Waals surface area contributed by atoms with Gasteiger partial charge < -0.3 is 14.7 Å². The van der Waals surface area contributed by atoms with E-state index < -0.39 is 23.8 Å². The van der Waals surface area contributed by atoms with E-state index in [-0.39, 0.29) is 23.2 Å². The van der Waals surface area contributed by atoms with Gasteiger partial charge in [0.1, 0.15) is 23.6 Å². The normalized spacial score (nSPS) is 18.8. The van der Waals surface area contributed by atoms with Gasteiger partial charge in [-0.05, 0) is 105 Å². The zero-order valence-corrected chi connectivity index (χ0v) is 22.9. The maximum absolute atomic E-state index is 15.5. The van der Waals surface area contributed by atoms with Crippen LogP contribution in [0.25, 0.3) is 10.9 Å². The van der Waals surface area contributed by atoms with E-state index in [0.717, 1.165) is 43.4 Å². The average molecular weight is 561 g/mol. The van der Waals surface area contributed by atoms with Crippen molar-refractivity contribution in [1.29, 1.82) is 0 Å². The number of pyridine rings is 1. The summed E-state index contributed by atoms with van der Waals surface area (Å²) in [6, 6.07) is 11.1. The lowest BCUT2D eigenvalue weighted by molar-refractivity contribution is -0.137. The number of fused-ring (bicyclic) bond motifs is 1. The van der Waals surface area contributed by atoms with Crippen molar-refractivity contribution in [3.05, 3.63) is 65.9 Å². The number of alkyl halides is 1. The van der Waals surface area contributed by atoms with Crippen LogP contribution in [0.3, 0.4) is 0 Å². The van der Waals surface area contributed by atoms with E-state index in [9.17, 15) is 18.7 Å². The molecular weight excluding hydrogens is 525 g/mol. The number of likely N-dealkylation sites (tertiary alicyclic amines) is 1. The standard InChI is InChI=1S/C30H35F3N2O3S/c1-38-22-8-10-28-24(18-22)23(12-14-34-28)25(31)9-6-20-13-16-35(19-21(20)7-11-29(36)37)15-3-17-39-30-26(32)4-2-5-27(30)33/h2,4-5,8,10,12,14,18,20-21,25H,3,6-7,9,11,13,15-17,19H2,1H3,(H,36,37)/t20-,21-,25-/m1/s1. The number of halogens is 3. The maximum Gasteiger partial charge on any atom is 0.303 e. The van der Waals surface area contributed by atoms with Crippen LogP contribution < -0.4 is 4.74 Å². The van der Waals surface area contributed by atoms with Gasteiger partial charge in [0.25, 0.3) is 0 Å². The number of aliphatic carboxylic acids is 1. The average Bonchev–Trinajstić information content (AvgIpc) is 2.93. The third kappa shape index (κ3) is 7.88. The van der Waals surface area contributed by atoms with Gasteiger partial charge in [0.15, 0.2) is 0 Å². The lowest BCUT2D eigenvalue weighted by Gasteiger charge is -2.39. The number of aromatic nitrogens is 1. The summed E-state index contributed by atoms with van der Waals surface area (Å²) in [5.41, 5.74) is 1.32. The van der Waals surface area contributed by atoms with E-state index in [2.05, 4.69) is 9.88 Å². The summed E-state index contributed by atoms with van der Waals surface area (Å²) in [6.45, 7) is 2.37. The molecule has 2 aromatic carbocycles. The van der Waals surface area contributed by atoms with Crippen molar-refractivity contribution in [2.24, 2.45) is 11.8 Å². The van der Waals surface area contributed by atoms with Gasteiger partial charge in [0.05, 0.1) is 17.5 Å². The summed E-state index contributed by atoms with van der Waals surface area (Å²) in [7, 11) is 1.58. The minimum absolute atomic E-state index is 0.0525. The highest BCUT2D eigenvalue weighted by atomic mass is 32.2. The molecule has 2 heterocycles. The third-order valence-corrected chi connectivity index (χ3v) is 8.77. The van der Waals surface area contributed by atoms with Crippen molar-refractivity contribution in [2.75, 3.05) is 32.5 Å². The van der Waals surface area contributed by atoms with E-state index >= 15 is 4.39 Å². The molecule has 0 amide bonds. The highest BCUT2D eigenvalue weighted by Gasteiger charge is 2.30. The molecule has 0 radical (unpaired) electrons. The first-order valence-corrected chi connectivity index (χ1v) is 14.4. The third-order valence-electron chi connectivity index (χ3n) is 7.60. The summed E-state index contributed by atoms with van der Waals surface area (Å²) < 4.78 is 48.6. The fraction of sp³-hybridized carbons (Fsp3) is 0.467. The van der Waals surface area contributed by atoms with Crippen LogP contribution in [0, 0.1) is 23.5 Å². The van der Waals surface area contributed by atoms with Crippen LogP contribution in [0.5, 0.6) is 5.75 Å². The Morgan fingerprint density at radius 3 is 2.72 bits per heavy atom. The molecule has 1 aliphatic rings. The van der Waals surface area contributed by atoms with Crippen LogP contribution in [0.15, 0.2) is 53.6 Å². The van der Waals surface area contributed by atoms with Gasteiger partial charge in [-0.1, -0.05) is 6.07 Å².